The molecule has 2 aromatic rings. The largest absolute Gasteiger partial charge is 0.389 e. The van der Waals surface area contributed by atoms with Crippen LogP contribution < -0.4 is 0 Å². The van der Waals surface area contributed by atoms with Gasteiger partial charge in [-0.15, -0.1) is 0 Å². The molecule has 0 bridgehead atoms. The fourth-order valence-electron chi connectivity index (χ4n) is 2.54. The van der Waals surface area contributed by atoms with Gasteiger partial charge in [0.2, 0.25) is 11.7 Å². The van der Waals surface area contributed by atoms with Gasteiger partial charge in [0.25, 0.3) is 5.69 Å². The molecule has 1 aromatic carbocycles. The molecule has 1 aromatic heterocycles. The van der Waals surface area contributed by atoms with Crippen LogP contribution in [0.4, 0.5) is 5.69 Å². The van der Waals surface area contributed by atoms with E-state index in [9.17, 15) is 15.2 Å². The lowest BCUT2D eigenvalue weighted by Crippen LogP contribution is -2.38. The number of nitro benzene ring substituents is 1. The Morgan fingerprint density at radius 2 is 2.15 bits per heavy atom. The molecule has 0 aliphatic carbocycles. The molecular formula is C17H24N4O6. The summed E-state index contributed by atoms with van der Waals surface area (Å²) >= 11 is 0. The lowest BCUT2D eigenvalue weighted by Gasteiger charge is -2.23. The topological polar surface area (TPSA) is 124 Å². The molecule has 0 spiro atoms. The molecule has 10 heteroatoms. The third kappa shape index (κ3) is 6.68. The molecule has 0 amide bonds. The monoisotopic (exact) mass is 380 g/mol. The zero-order valence-electron chi connectivity index (χ0n) is 15.4. The van der Waals surface area contributed by atoms with Crippen molar-refractivity contribution in [2.75, 3.05) is 47.1 Å². The number of aromatic nitrogens is 2. The van der Waals surface area contributed by atoms with Gasteiger partial charge in [0, 0.05) is 58.0 Å². The van der Waals surface area contributed by atoms with Crippen molar-refractivity contribution in [3.05, 3.63) is 40.3 Å². The lowest BCUT2D eigenvalue weighted by molar-refractivity contribution is -0.384. The van der Waals surface area contributed by atoms with E-state index >= 15 is 0 Å². The van der Waals surface area contributed by atoms with Crippen LogP contribution in [0.5, 0.6) is 0 Å². The van der Waals surface area contributed by atoms with E-state index in [2.05, 4.69) is 10.1 Å². The fraction of sp³-hybridized carbons (Fsp3) is 0.529. The number of non-ortho nitro benzene ring substituents is 1. The summed E-state index contributed by atoms with van der Waals surface area (Å²) in [5.74, 6) is 0.719. The van der Waals surface area contributed by atoms with Crippen molar-refractivity contribution in [2.24, 2.45) is 0 Å². The van der Waals surface area contributed by atoms with Crippen LogP contribution in [0.25, 0.3) is 11.4 Å². The van der Waals surface area contributed by atoms with Gasteiger partial charge in [-0.1, -0.05) is 17.3 Å². The minimum absolute atomic E-state index is 0.0308. The van der Waals surface area contributed by atoms with Crippen LogP contribution in [0.15, 0.2) is 28.8 Å². The number of hydrogen-bond donors (Lipinski definition) is 1. The van der Waals surface area contributed by atoms with Crippen molar-refractivity contribution in [1.82, 2.24) is 15.0 Å². The summed E-state index contributed by atoms with van der Waals surface area (Å²) in [6, 6.07) is 6.07. The number of nitro groups is 1. The third-order valence-electron chi connectivity index (χ3n) is 3.86. The molecule has 2 rings (SSSR count). The molecule has 1 atom stereocenters. The van der Waals surface area contributed by atoms with E-state index in [1.807, 2.05) is 4.90 Å². The molecular weight excluding hydrogens is 356 g/mol. The Hall–Kier alpha value is -2.40. The maximum absolute atomic E-state index is 10.9. The standard InChI is InChI=1S/C17H24N4O6/c1-25-9-8-20(11-15(22)12-26-2)7-6-16-18-17(19-27-16)13-4-3-5-14(10-13)21(23)24/h3-5,10,15,22H,6-9,11-12H2,1-2H3/t15-/m1/s1. The Kier molecular flexibility index (Phi) is 8.27. The number of aliphatic hydroxyl groups is 1. The van der Waals surface area contributed by atoms with Crippen LogP contribution in [0.3, 0.4) is 0 Å². The van der Waals surface area contributed by atoms with Crippen LogP contribution in [-0.2, 0) is 15.9 Å². The Balaban J connectivity index is 1.98. The van der Waals surface area contributed by atoms with Crippen molar-refractivity contribution in [3.63, 3.8) is 0 Å². The summed E-state index contributed by atoms with van der Waals surface area (Å²) in [6.45, 7) is 2.44. The van der Waals surface area contributed by atoms with Gasteiger partial charge in [0.05, 0.1) is 24.2 Å². The van der Waals surface area contributed by atoms with Crippen LogP contribution >= 0.6 is 0 Å². The van der Waals surface area contributed by atoms with E-state index in [-0.39, 0.29) is 12.3 Å². The van der Waals surface area contributed by atoms with Crippen molar-refractivity contribution in [2.45, 2.75) is 12.5 Å². The maximum Gasteiger partial charge on any atom is 0.270 e. The number of hydrogen-bond acceptors (Lipinski definition) is 9. The molecule has 148 valence electrons. The summed E-state index contributed by atoms with van der Waals surface area (Å²) < 4.78 is 15.3. The minimum atomic E-state index is -0.602. The number of methoxy groups -OCH3 is 2. The molecule has 0 saturated heterocycles. The molecule has 1 heterocycles. The first-order chi connectivity index (χ1) is 13.0. The normalized spacial score (nSPS) is 12.4. The summed E-state index contributed by atoms with van der Waals surface area (Å²) in [7, 11) is 3.16. The van der Waals surface area contributed by atoms with Gasteiger partial charge in [0.15, 0.2) is 0 Å². The highest BCUT2D eigenvalue weighted by Crippen LogP contribution is 2.21. The predicted octanol–water partition coefficient (Wildman–Crippen LogP) is 1.14. The highest BCUT2D eigenvalue weighted by Gasteiger charge is 2.15. The first-order valence-corrected chi connectivity index (χ1v) is 8.49. The quantitative estimate of drug-likeness (QED) is 0.426. The van der Waals surface area contributed by atoms with E-state index in [1.54, 1.807) is 19.2 Å². The zero-order chi connectivity index (χ0) is 19.6. The first kappa shape index (κ1) is 20.9. The number of benzene rings is 1. The van der Waals surface area contributed by atoms with E-state index in [0.717, 1.165) is 0 Å². The van der Waals surface area contributed by atoms with Crippen molar-refractivity contribution in [3.8, 4) is 11.4 Å². The van der Waals surface area contributed by atoms with Crippen molar-refractivity contribution >= 4 is 5.69 Å². The molecule has 0 aliphatic rings. The van der Waals surface area contributed by atoms with Crippen LogP contribution in [0, 0.1) is 10.1 Å². The maximum atomic E-state index is 10.9. The average Bonchev–Trinajstić information content (AvgIpc) is 3.13. The van der Waals surface area contributed by atoms with Crippen LogP contribution in [0.2, 0.25) is 0 Å². The molecule has 1 N–H and O–H groups in total. The average molecular weight is 380 g/mol. The molecule has 10 nitrogen and oxygen atoms in total. The van der Waals surface area contributed by atoms with E-state index in [4.69, 9.17) is 14.0 Å². The number of aliphatic hydroxyl groups excluding tert-OH is 1. The zero-order valence-corrected chi connectivity index (χ0v) is 15.4. The number of rotatable bonds is 12. The second kappa shape index (κ2) is 10.7. The minimum Gasteiger partial charge on any atom is -0.389 e. The van der Waals surface area contributed by atoms with Gasteiger partial charge in [-0.3, -0.25) is 15.0 Å². The van der Waals surface area contributed by atoms with Gasteiger partial charge in [-0.2, -0.15) is 4.98 Å². The fourth-order valence-corrected chi connectivity index (χ4v) is 2.54. The Bertz CT molecular complexity index is 723. The molecule has 0 unspecified atom stereocenters. The second-order valence-electron chi connectivity index (χ2n) is 5.97. The highest BCUT2D eigenvalue weighted by molar-refractivity contribution is 5.58. The number of ether oxygens (including phenoxy) is 2. The van der Waals surface area contributed by atoms with Gasteiger partial charge in [-0.25, -0.2) is 0 Å². The Morgan fingerprint density at radius 1 is 1.33 bits per heavy atom. The van der Waals surface area contributed by atoms with Crippen molar-refractivity contribution in [1.29, 1.82) is 0 Å². The molecule has 0 saturated carbocycles. The van der Waals surface area contributed by atoms with E-state index in [1.165, 1.54) is 19.2 Å². The SMILES string of the molecule is COCCN(CCc1nc(-c2cccc([N+](=O)[O-])c2)no1)C[C@@H](O)COC. The van der Waals surface area contributed by atoms with Crippen LogP contribution in [0.1, 0.15) is 5.89 Å². The molecule has 0 radical (unpaired) electrons. The predicted molar refractivity (Wildman–Crippen MR) is 96.3 cm³/mol. The van der Waals surface area contributed by atoms with Gasteiger partial charge in [-0.05, 0) is 0 Å². The molecule has 0 aliphatic heterocycles. The number of nitrogens with zero attached hydrogens (tertiary/aromatic N) is 4. The molecule has 27 heavy (non-hydrogen) atoms. The van der Waals surface area contributed by atoms with Crippen molar-refractivity contribution < 1.29 is 24.0 Å². The summed E-state index contributed by atoms with van der Waals surface area (Å²) in [6.07, 6.45) is -0.124. The summed E-state index contributed by atoms with van der Waals surface area (Å²) in [5.41, 5.74) is 0.489. The summed E-state index contributed by atoms with van der Waals surface area (Å²) in [5, 5.41) is 24.7. The van der Waals surface area contributed by atoms with E-state index in [0.29, 0.717) is 49.9 Å². The van der Waals surface area contributed by atoms with E-state index < -0.39 is 11.0 Å². The third-order valence-corrected chi connectivity index (χ3v) is 3.86. The Labute approximate surface area is 156 Å². The smallest absolute Gasteiger partial charge is 0.270 e. The van der Waals surface area contributed by atoms with Gasteiger partial charge in [0.1, 0.15) is 0 Å². The summed E-state index contributed by atoms with van der Waals surface area (Å²) in [4.78, 5) is 16.7. The van der Waals surface area contributed by atoms with Gasteiger partial charge < -0.3 is 19.1 Å². The van der Waals surface area contributed by atoms with Crippen LogP contribution in [-0.4, -0.2) is 78.2 Å². The lowest BCUT2D eigenvalue weighted by atomic mass is 10.2. The first-order valence-electron chi connectivity index (χ1n) is 8.49. The molecule has 0 fully saturated rings. The second-order valence-corrected chi connectivity index (χ2v) is 5.97. The Morgan fingerprint density at radius 3 is 2.85 bits per heavy atom. The van der Waals surface area contributed by atoms with Gasteiger partial charge >= 0.3 is 0 Å². The highest BCUT2D eigenvalue weighted by atomic mass is 16.6.